The normalized spacial score (nSPS) is 13.2. The van der Waals surface area contributed by atoms with Gasteiger partial charge in [-0.25, -0.2) is 0 Å². The van der Waals surface area contributed by atoms with Gasteiger partial charge in [-0.1, -0.05) is 111 Å². The van der Waals surface area contributed by atoms with Crippen molar-refractivity contribution in [3.05, 3.63) is 163 Å². The summed E-state index contributed by atoms with van der Waals surface area (Å²) in [6, 6.07) is 37.1. The van der Waals surface area contributed by atoms with Crippen LogP contribution < -0.4 is 21.9 Å². The van der Waals surface area contributed by atoms with Crippen molar-refractivity contribution < 1.29 is 0 Å². The molecule has 1 heterocycles. The minimum absolute atomic E-state index is 0.871. The number of hydrogen-bond acceptors (Lipinski definition) is 4. The number of para-hydroxylation sites is 3. The summed E-state index contributed by atoms with van der Waals surface area (Å²) in [6.45, 7) is 10.3. The topological polar surface area (TPSA) is 67.3 Å². The molecule has 0 saturated carbocycles. The maximum absolute atomic E-state index is 5.66. The highest BCUT2D eigenvalue weighted by Crippen LogP contribution is 2.41. The van der Waals surface area contributed by atoms with E-state index >= 15 is 0 Å². The zero-order valence-corrected chi connectivity index (χ0v) is 23.7. The standard InChI is InChI=1S/C23H21N3.C11H13N.C2H6/c1-17(21-12-6-7-13-22(21)25-24)15-20-16-18-9-5-8-14-23(18)26(20)19-10-3-2-4-11-19;1-2-10(8-9-12)11-6-4-3-5-7-11;1-2/h2-15,25H,1,16,24H2;2-9H,12H2,1H3;1-2H3/b20-15+;9-8-,10-2+;. The smallest absolute Gasteiger partial charge is 0.0563 e. The highest BCUT2D eigenvalue weighted by atomic mass is 15.2. The van der Waals surface area contributed by atoms with Gasteiger partial charge in [0.1, 0.15) is 0 Å². The molecule has 4 nitrogen and oxygen atoms in total. The molecular formula is C36H40N4. The van der Waals surface area contributed by atoms with E-state index in [4.69, 9.17) is 11.6 Å². The summed E-state index contributed by atoms with van der Waals surface area (Å²) < 4.78 is 0. The molecule has 0 spiro atoms. The van der Waals surface area contributed by atoms with Crippen LogP contribution in [0, 0.1) is 0 Å². The Morgan fingerprint density at radius 3 is 2.08 bits per heavy atom. The van der Waals surface area contributed by atoms with Crippen LogP contribution in [0.15, 0.2) is 146 Å². The second-order valence-electron chi connectivity index (χ2n) is 8.80. The fraction of sp³-hybridized carbons (Fsp3) is 0.111. The average molecular weight is 529 g/mol. The molecule has 5 rings (SSSR count). The van der Waals surface area contributed by atoms with Gasteiger partial charge in [0.05, 0.1) is 5.69 Å². The number of allylic oxidation sites excluding steroid dienone is 6. The first kappa shape index (κ1) is 29.8. The minimum Gasteiger partial charge on any atom is -0.405 e. The van der Waals surface area contributed by atoms with Crippen molar-refractivity contribution in [1.29, 1.82) is 0 Å². The van der Waals surface area contributed by atoms with Crippen LogP contribution in [0.4, 0.5) is 17.1 Å². The molecule has 0 aromatic heterocycles. The van der Waals surface area contributed by atoms with E-state index in [1.54, 1.807) is 6.20 Å². The van der Waals surface area contributed by atoms with E-state index in [-0.39, 0.29) is 0 Å². The van der Waals surface area contributed by atoms with Gasteiger partial charge in [0.25, 0.3) is 0 Å². The molecule has 0 fully saturated rings. The number of nitrogens with zero attached hydrogens (tertiary/aromatic N) is 1. The van der Waals surface area contributed by atoms with E-state index in [1.807, 2.05) is 81.5 Å². The van der Waals surface area contributed by atoms with Gasteiger partial charge in [-0.05, 0) is 71.8 Å². The second kappa shape index (κ2) is 15.6. The van der Waals surface area contributed by atoms with E-state index in [9.17, 15) is 0 Å². The van der Waals surface area contributed by atoms with Crippen LogP contribution in [0.1, 0.15) is 37.5 Å². The van der Waals surface area contributed by atoms with Crippen LogP contribution in [-0.2, 0) is 6.42 Å². The summed E-state index contributed by atoms with van der Waals surface area (Å²) in [5, 5.41) is 0. The van der Waals surface area contributed by atoms with Crippen LogP contribution in [0.25, 0.3) is 11.1 Å². The van der Waals surface area contributed by atoms with Crippen LogP contribution in [0.3, 0.4) is 0 Å². The van der Waals surface area contributed by atoms with Crippen LogP contribution >= 0.6 is 0 Å². The fourth-order valence-corrected chi connectivity index (χ4v) is 4.57. The lowest BCUT2D eigenvalue weighted by Gasteiger charge is -2.22. The highest BCUT2D eigenvalue weighted by Gasteiger charge is 2.25. The molecule has 4 heteroatoms. The summed E-state index contributed by atoms with van der Waals surface area (Å²) in [4.78, 5) is 2.30. The second-order valence-corrected chi connectivity index (χ2v) is 8.80. The highest BCUT2D eigenvalue weighted by molar-refractivity contribution is 5.84. The Morgan fingerprint density at radius 2 is 1.43 bits per heavy atom. The van der Waals surface area contributed by atoms with E-state index < -0.39 is 0 Å². The average Bonchev–Trinajstić information content (AvgIpc) is 3.39. The number of anilines is 3. The van der Waals surface area contributed by atoms with Crippen molar-refractivity contribution in [3.8, 4) is 0 Å². The first-order chi connectivity index (χ1) is 19.7. The Morgan fingerprint density at radius 1 is 0.825 bits per heavy atom. The maximum Gasteiger partial charge on any atom is 0.0563 e. The zero-order valence-electron chi connectivity index (χ0n) is 23.7. The third-order valence-electron chi connectivity index (χ3n) is 6.37. The Balaban J connectivity index is 0.000000265. The largest absolute Gasteiger partial charge is 0.405 e. The SMILES string of the molecule is C/C=C(\C=C/N)c1ccccc1.C=C(/C=C1\Cc2ccccc2N1c1ccccc1)c1ccccc1NN.CC. The van der Waals surface area contributed by atoms with E-state index in [2.05, 4.69) is 83.6 Å². The molecule has 4 aromatic rings. The van der Waals surface area contributed by atoms with E-state index in [1.165, 1.54) is 22.5 Å². The number of fused-ring (bicyclic) bond motifs is 1. The van der Waals surface area contributed by atoms with Gasteiger partial charge in [0, 0.05) is 29.1 Å². The minimum atomic E-state index is 0.871. The lowest BCUT2D eigenvalue weighted by Crippen LogP contribution is -2.12. The Hall–Kier alpha value is -4.80. The van der Waals surface area contributed by atoms with Gasteiger partial charge in [-0.3, -0.25) is 5.84 Å². The molecule has 1 aliphatic rings. The quantitative estimate of drug-likeness (QED) is 0.133. The van der Waals surface area contributed by atoms with Gasteiger partial charge in [0.15, 0.2) is 0 Å². The van der Waals surface area contributed by atoms with Crippen molar-refractivity contribution in [2.45, 2.75) is 27.2 Å². The predicted octanol–water partition coefficient (Wildman–Crippen LogP) is 8.85. The number of nitrogens with one attached hydrogen (secondary N) is 1. The molecule has 0 saturated heterocycles. The molecule has 1 aliphatic heterocycles. The summed E-state index contributed by atoms with van der Waals surface area (Å²) in [5.41, 5.74) is 18.1. The third-order valence-corrected chi connectivity index (χ3v) is 6.37. The summed E-state index contributed by atoms with van der Waals surface area (Å²) in [7, 11) is 0. The van der Waals surface area contributed by atoms with Gasteiger partial charge in [0.2, 0.25) is 0 Å². The molecule has 5 N–H and O–H groups in total. The molecule has 4 aromatic carbocycles. The van der Waals surface area contributed by atoms with Gasteiger partial charge >= 0.3 is 0 Å². The number of benzene rings is 4. The van der Waals surface area contributed by atoms with Crippen molar-refractivity contribution in [3.63, 3.8) is 0 Å². The van der Waals surface area contributed by atoms with Gasteiger partial charge in [-0.15, -0.1) is 0 Å². The molecule has 0 aliphatic carbocycles. The van der Waals surface area contributed by atoms with Gasteiger partial charge < -0.3 is 16.1 Å². The Kier molecular flexibility index (Phi) is 11.6. The number of hydrogen-bond donors (Lipinski definition) is 3. The zero-order chi connectivity index (χ0) is 28.7. The monoisotopic (exact) mass is 528 g/mol. The number of nitrogens with two attached hydrogens (primary N) is 2. The third kappa shape index (κ3) is 7.40. The molecule has 0 radical (unpaired) electrons. The maximum atomic E-state index is 5.66. The summed E-state index contributed by atoms with van der Waals surface area (Å²) in [5.74, 6) is 5.66. The Bertz CT molecular complexity index is 1450. The Labute approximate surface area is 239 Å². The molecular weight excluding hydrogens is 488 g/mol. The van der Waals surface area contributed by atoms with Gasteiger partial charge in [-0.2, -0.15) is 0 Å². The number of nitrogen functional groups attached to an aromatic ring is 1. The predicted molar refractivity (Wildman–Crippen MR) is 175 cm³/mol. The molecule has 0 amide bonds. The molecule has 0 atom stereocenters. The van der Waals surface area contributed by atoms with Crippen molar-refractivity contribution >= 4 is 28.2 Å². The first-order valence-corrected chi connectivity index (χ1v) is 13.6. The van der Waals surface area contributed by atoms with Crippen molar-refractivity contribution in [1.82, 2.24) is 0 Å². The summed E-state index contributed by atoms with van der Waals surface area (Å²) in [6.07, 6.45) is 8.53. The molecule has 40 heavy (non-hydrogen) atoms. The van der Waals surface area contributed by atoms with Crippen LogP contribution in [-0.4, -0.2) is 0 Å². The number of rotatable bonds is 6. The lowest BCUT2D eigenvalue weighted by atomic mass is 10.0. The molecule has 0 unspecified atom stereocenters. The fourth-order valence-electron chi connectivity index (χ4n) is 4.57. The number of hydrazine groups is 1. The first-order valence-electron chi connectivity index (χ1n) is 13.6. The van der Waals surface area contributed by atoms with Crippen molar-refractivity contribution in [2.24, 2.45) is 11.6 Å². The molecule has 204 valence electrons. The van der Waals surface area contributed by atoms with Crippen LogP contribution in [0.2, 0.25) is 0 Å². The molecule has 0 bridgehead atoms. The van der Waals surface area contributed by atoms with E-state index in [0.29, 0.717) is 0 Å². The van der Waals surface area contributed by atoms with E-state index in [0.717, 1.165) is 34.5 Å². The van der Waals surface area contributed by atoms with Crippen LogP contribution in [0.5, 0.6) is 0 Å². The summed E-state index contributed by atoms with van der Waals surface area (Å²) >= 11 is 0. The lowest BCUT2D eigenvalue weighted by molar-refractivity contribution is 1.15. The van der Waals surface area contributed by atoms with Crippen molar-refractivity contribution in [2.75, 3.05) is 10.3 Å².